The molecule has 0 bridgehead atoms. The molecule has 0 spiro atoms. The Morgan fingerprint density at radius 3 is 2.59 bits per heavy atom. The molecule has 0 heterocycles. The zero-order valence-corrected chi connectivity index (χ0v) is 12.7. The van der Waals surface area contributed by atoms with Crippen molar-refractivity contribution in [2.24, 2.45) is 0 Å². The third-order valence-electron chi connectivity index (χ3n) is 2.88. The number of para-hydroxylation sites is 1. The maximum atomic E-state index is 12.0. The standard InChI is InChI=1S/C17H14ClNO3/c1-12(10-19)22-17(20)15-4-2-3-5-16(15)21-11-13-6-8-14(18)9-7-13/h2-9,12H,11H2,1H3/t12-/m0/s1. The predicted octanol–water partition coefficient (Wildman–Crippen LogP) is 3.99. The van der Waals surface area contributed by atoms with E-state index in [1.54, 1.807) is 36.4 Å². The van der Waals surface area contributed by atoms with E-state index in [1.807, 2.05) is 18.2 Å². The highest BCUT2D eigenvalue weighted by Crippen LogP contribution is 2.21. The van der Waals surface area contributed by atoms with E-state index in [1.165, 1.54) is 6.92 Å². The second-order valence-electron chi connectivity index (χ2n) is 4.59. The van der Waals surface area contributed by atoms with E-state index in [2.05, 4.69) is 0 Å². The zero-order valence-electron chi connectivity index (χ0n) is 12.0. The smallest absolute Gasteiger partial charge is 0.343 e. The molecule has 22 heavy (non-hydrogen) atoms. The van der Waals surface area contributed by atoms with E-state index in [4.69, 9.17) is 26.3 Å². The predicted molar refractivity (Wildman–Crippen MR) is 82.7 cm³/mol. The van der Waals surface area contributed by atoms with Gasteiger partial charge in [0.05, 0.1) is 0 Å². The normalized spacial score (nSPS) is 11.3. The number of esters is 1. The van der Waals surface area contributed by atoms with Gasteiger partial charge in [-0.15, -0.1) is 0 Å². The van der Waals surface area contributed by atoms with Crippen molar-refractivity contribution < 1.29 is 14.3 Å². The van der Waals surface area contributed by atoms with Gasteiger partial charge in [-0.3, -0.25) is 0 Å². The summed E-state index contributed by atoms with van der Waals surface area (Å²) in [5, 5.41) is 9.36. The molecule has 2 rings (SSSR count). The van der Waals surface area contributed by atoms with Gasteiger partial charge in [-0.1, -0.05) is 35.9 Å². The van der Waals surface area contributed by atoms with Crippen molar-refractivity contribution in [3.63, 3.8) is 0 Å². The molecule has 0 N–H and O–H groups in total. The Kier molecular flexibility index (Phi) is 5.40. The molecule has 1 atom stereocenters. The number of halogens is 1. The molecule has 0 aliphatic heterocycles. The fourth-order valence-corrected chi connectivity index (χ4v) is 1.88. The van der Waals surface area contributed by atoms with Crippen molar-refractivity contribution >= 4 is 17.6 Å². The average Bonchev–Trinajstić information content (AvgIpc) is 2.54. The van der Waals surface area contributed by atoms with Crippen LogP contribution in [0.2, 0.25) is 5.02 Å². The minimum absolute atomic E-state index is 0.290. The second-order valence-corrected chi connectivity index (χ2v) is 5.02. The summed E-state index contributed by atoms with van der Waals surface area (Å²) < 4.78 is 10.7. The molecule has 0 fully saturated rings. The number of rotatable bonds is 5. The summed E-state index contributed by atoms with van der Waals surface area (Å²) in [7, 11) is 0. The first-order valence-electron chi connectivity index (χ1n) is 6.67. The lowest BCUT2D eigenvalue weighted by molar-refractivity contribution is 0.0430. The van der Waals surface area contributed by atoms with E-state index >= 15 is 0 Å². The molecule has 2 aromatic rings. The molecular formula is C17H14ClNO3. The zero-order chi connectivity index (χ0) is 15.9. The molecule has 0 aliphatic carbocycles. The molecule has 0 amide bonds. The number of nitriles is 1. The summed E-state index contributed by atoms with van der Waals surface area (Å²) in [6.45, 7) is 1.81. The highest BCUT2D eigenvalue weighted by molar-refractivity contribution is 6.30. The summed E-state index contributed by atoms with van der Waals surface area (Å²) in [5.74, 6) is -0.173. The summed E-state index contributed by atoms with van der Waals surface area (Å²) in [6, 6.07) is 15.9. The number of ether oxygens (including phenoxy) is 2. The maximum Gasteiger partial charge on any atom is 0.343 e. The topological polar surface area (TPSA) is 59.3 Å². The molecule has 0 saturated carbocycles. The monoisotopic (exact) mass is 315 g/mol. The molecule has 112 valence electrons. The van der Waals surface area contributed by atoms with Crippen LogP contribution in [-0.2, 0) is 11.3 Å². The maximum absolute atomic E-state index is 12.0. The van der Waals surface area contributed by atoms with Crippen LogP contribution in [0.5, 0.6) is 5.75 Å². The van der Waals surface area contributed by atoms with Crippen molar-refractivity contribution in [2.75, 3.05) is 0 Å². The number of hydrogen-bond donors (Lipinski definition) is 0. The molecule has 0 unspecified atom stereocenters. The Morgan fingerprint density at radius 2 is 1.91 bits per heavy atom. The van der Waals surface area contributed by atoms with Crippen molar-refractivity contribution in [3.05, 3.63) is 64.7 Å². The van der Waals surface area contributed by atoms with Gasteiger partial charge in [0.2, 0.25) is 0 Å². The van der Waals surface area contributed by atoms with Crippen molar-refractivity contribution in [2.45, 2.75) is 19.6 Å². The van der Waals surface area contributed by atoms with E-state index in [-0.39, 0.29) is 0 Å². The van der Waals surface area contributed by atoms with Crippen LogP contribution >= 0.6 is 11.6 Å². The molecule has 0 aromatic heterocycles. The Labute approximate surface area is 133 Å². The molecule has 4 nitrogen and oxygen atoms in total. The number of carbonyl (C=O) groups is 1. The largest absolute Gasteiger partial charge is 0.488 e. The summed E-state index contributed by atoms with van der Waals surface area (Å²) in [5.41, 5.74) is 1.22. The number of hydrogen-bond acceptors (Lipinski definition) is 4. The van der Waals surface area contributed by atoms with Gasteiger partial charge in [0, 0.05) is 5.02 Å². The van der Waals surface area contributed by atoms with Gasteiger partial charge >= 0.3 is 5.97 Å². The molecule has 0 radical (unpaired) electrons. The quantitative estimate of drug-likeness (QED) is 0.783. The van der Waals surface area contributed by atoms with E-state index in [9.17, 15) is 4.79 Å². The van der Waals surface area contributed by atoms with Crippen LogP contribution in [0.3, 0.4) is 0 Å². The Balaban J connectivity index is 2.09. The second kappa shape index (κ2) is 7.48. The Bertz CT molecular complexity index is 692. The van der Waals surface area contributed by atoms with Crippen LogP contribution < -0.4 is 4.74 Å². The first-order chi connectivity index (χ1) is 10.6. The van der Waals surface area contributed by atoms with Gasteiger partial charge in [-0.25, -0.2) is 4.79 Å². The third kappa shape index (κ3) is 4.24. The molecule has 5 heteroatoms. The summed E-state index contributed by atoms with van der Waals surface area (Å²) >= 11 is 5.83. The van der Waals surface area contributed by atoms with Crippen LogP contribution in [-0.4, -0.2) is 12.1 Å². The average molecular weight is 316 g/mol. The molecular weight excluding hydrogens is 302 g/mol. The van der Waals surface area contributed by atoms with Crippen LogP contribution in [0.15, 0.2) is 48.5 Å². The number of carbonyl (C=O) groups excluding carboxylic acids is 1. The van der Waals surface area contributed by atoms with Gasteiger partial charge < -0.3 is 9.47 Å². The van der Waals surface area contributed by atoms with E-state index in [0.29, 0.717) is 22.9 Å². The van der Waals surface area contributed by atoms with Gasteiger partial charge in [0.1, 0.15) is 24.0 Å². The lowest BCUT2D eigenvalue weighted by Gasteiger charge is -2.12. The van der Waals surface area contributed by atoms with E-state index < -0.39 is 12.1 Å². The first kappa shape index (κ1) is 15.9. The van der Waals surface area contributed by atoms with Crippen molar-refractivity contribution in [1.29, 1.82) is 5.26 Å². The first-order valence-corrected chi connectivity index (χ1v) is 7.05. The van der Waals surface area contributed by atoms with Gasteiger partial charge in [-0.2, -0.15) is 5.26 Å². The van der Waals surface area contributed by atoms with Gasteiger partial charge in [-0.05, 0) is 36.8 Å². The molecule has 2 aromatic carbocycles. The fraction of sp³-hybridized carbons (Fsp3) is 0.176. The van der Waals surface area contributed by atoms with Crippen LogP contribution in [0.25, 0.3) is 0 Å². The van der Waals surface area contributed by atoms with Crippen LogP contribution in [0.4, 0.5) is 0 Å². The van der Waals surface area contributed by atoms with Gasteiger partial charge in [0.25, 0.3) is 0 Å². The minimum Gasteiger partial charge on any atom is -0.488 e. The highest BCUT2D eigenvalue weighted by Gasteiger charge is 2.16. The fourth-order valence-electron chi connectivity index (χ4n) is 1.75. The molecule has 0 aliphatic rings. The number of nitrogens with zero attached hydrogens (tertiary/aromatic N) is 1. The summed E-state index contributed by atoms with van der Waals surface area (Å²) in [4.78, 5) is 12.0. The molecule has 0 saturated heterocycles. The lowest BCUT2D eigenvalue weighted by atomic mass is 10.2. The SMILES string of the molecule is C[C@@H](C#N)OC(=O)c1ccccc1OCc1ccc(Cl)cc1. The van der Waals surface area contributed by atoms with Crippen LogP contribution in [0.1, 0.15) is 22.8 Å². The van der Waals surface area contributed by atoms with Gasteiger partial charge in [0.15, 0.2) is 6.10 Å². The highest BCUT2D eigenvalue weighted by atomic mass is 35.5. The van der Waals surface area contributed by atoms with E-state index in [0.717, 1.165) is 5.56 Å². The lowest BCUT2D eigenvalue weighted by Crippen LogP contribution is -2.14. The van der Waals surface area contributed by atoms with Crippen LogP contribution in [0, 0.1) is 11.3 Å². The minimum atomic E-state index is -0.808. The number of benzene rings is 2. The Morgan fingerprint density at radius 1 is 1.23 bits per heavy atom. The van der Waals surface area contributed by atoms with Crippen molar-refractivity contribution in [1.82, 2.24) is 0 Å². The third-order valence-corrected chi connectivity index (χ3v) is 3.13. The Hall–Kier alpha value is -2.51. The van der Waals surface area contributed by atoms with Crippen molar-refractivity contribution in [3.8, 4) is 11.8 Å². The summed E-state index contributed by atoms with van der Waals surface area (Å²) in [6.07, 6.45) is -0.808.